The number of hydrogen-bond donors (Lipinski definition) is 1. The van der Waals surface area contributed by atoms with E-state index >= 15 is 0 Å². The van der Waals surface area contributed by atoms with Crippen molar-refractivity contribution in [2.45, 2.75) is 52.4 Å². The summed E-state index contributed by atoms with van der Waals surface area (Å²) in [7, 11) is 1.90. The average molecular weight is 646 g/mol. The lowest BCUT2D eigenvalue weighted by atomic mass is 9.91. The van der Waals surface area contributed by atoms with Crippen LogP contribution in [0.5, 0.6) is 0 Å². The standard InChI is InChI=1S/C34H36ClN5O4S/c1-7-43-32(42)29(44-34(3,4)5)26-19(2)16-24-30(27(26)20-8-11-23(35)12-9-20)45-33(38-24)40-15-14-36-28(31(40)41)21-10-13-25-22(17-21)18-37-39(25)6/h8-13,16-18,28-29,36H,7,14-15H2,1-6H3. The normalized spacial score (nSPS) is 16.5. The van der Waals surface area contributed by atoms with E-state index in [1.165, 1.54) is 11.3 Å². The highest BCUT2D eigenvalue weighted by Gasteiger charge is 2.36. The number of thiazole rings is 1. The molecule has 1 N–H and O–H groups in total. The summed E-state index contributed by atoms with van der Waals surface area (Å²) < 4.78 is 14.6. The quantitative estimate of drug-likeness (QED) is 0.192. The maximum absolute atomic E-state index is 14.0. The molecule has 0 saturated carbocycles. The van der Waals surface area contributed by atoms with E-state index in [0.717, 1.165) is 43.4 Å². The van der Waals surface area contributed by atoms with Crippen molar-refractivity contribution in [2.24, 2.45) is 7.05 Å². The molecule has 2 atom stereocenters. The Kier molecular flexibility index (Phi) is 8.43. The molecule has 0 aliphatic carbocycles. The Hall–Kier alpha value is -3.83. The van der Waals surface area contributed by atoms with Crippen molar-refractivity contribution in [1.29, 1.82) is 0 Å². The number of rotatable bonds is 7. The SMILES string of the molecule is CCOC(=O)C(OC(C)(C)C)c1c(C)cc2nc(N3CCNC(c4ccc5c(cnn5C)c4)C3=O)sc2c1-c1ccc(Cl)cc1. The molecule has 11 heteroatoms. The third-order valence-corrected chi connectivity index (χ3v) is 9.18. The molecule has 45 heavy (non-hydrogen) atoms. The van der Waals surface area contributed by atoms with Crippen LogP contribution in [0.15, 0.2) is 54.7 Å². The Balaban J connectivity index is 1.48. The highest BCUT2D eigenvalue weighted by molar-refractivity contribution is 7.23. The average Bonchev–Trinajstić information content (AvgIpc) is 3.58. The fraction of sp³-hybridized carbons (Fsp3) is 0.353. The van der Waals surface area contributed by atoms with Gasteiger partial charge < -0.3 is 14.8 Å². The Morgan fingerprint density at radius 3 is 2.64 bits per heavy atom. The van der Waals surface area contributed by atoms with Gasteiger partial charge in [0.15, 0.2) is 11.2 Å². The van der Waals surface area contributed by atoms with Crippen LogP contribution in [0.25, 0.3) is 32.2 Å². The van der Waals surface area contributed by atoms with Crippen LogP contribution in [0.1, 0.15) is 56.5 Å². The predicted molar refractivity (Wildman–Crippen MR) is 179 cm³/mol. The molecular weight excluding hydrogens is 610 g/mol. The van der Waals surface area contributed by atoms with Crippen LogP contribution in [0.4, 0.5) is 5.13 Å². The lowest BCUT2D eigenvalue weighted by molar-refractivity contribution is -0.166. The second kappa shape index (κ2) is 12.2. The van der Waals surface area contributed by atoms with E-state index in [1.54, 1.807) is 11.8 Å². The van der Waals surface area contributed by atoms with Crippen molar-refractivity contribution in [3.63, 3.8) is 0 Å². The van der Waals surface area contributed by atoms with E-state index in [-0.39, 0.29) is 12.5 Å². The summed E-state index contributed by atoms with van der Waals surface area (Å²) in [6.45, 7) is 10.8. The molecule has 1 saturated heterocycles. The van der Waals surface area contributed by atoms with Gasteiger partial charge in [-0.1, -0.05) is 41.1 Å². The minimum absolute atomic E-state index is 0.0750. The first-order chi connectivity index (χ1) is 21.4. The van der Waals surface area contributed by atoms with Gasteiger partial charge in [-0.2, -0.15) is 5.10 Å². The largest absolute Gasteiger partial charge is 0.464 e. The molecule has 0 spiro atoms. The molecule has 1 fully saturated rings. The van der Waals surface area contributed by atoms with E-state index in [9.17, 15) is 9.59 Å². The van der Waals surface area contributed by atoms with Crippen molar-refractivity contribution >= 4 is 61.1 Å². The highest BCUT2D eigenvalue weighted by atomic mass is 35.5. The number of esters is 1. The van der Waals surface area contributed by atoms with Gasteiger partial charge in [-0.15, -0.1) is 0 Å². The first-order valence-electron chi connectivity index (χ1n) is 15.0. The molecule has 0 radical (unpaired) electrons. The van der Waals surface area contributed by atoms with E-state index in [0.29, 0.717) is 28.8 Å². The number of halogens is 1. The highest BCUT2D eigenvalue weighted by Crippen LogP contribution is 2.45. The number of piperazine rings is 1. The molecule has 2 aromatic heterocycles. The third kappa shape index (κ3) is 6.07. The van der Waals surface area contributed by atoms with Crippen molar-refractivity contribution in [3.05, 3.63) is 76.4 Å². The number of hydrogen-bond acceptors (Lipinski definition) is 8. The Bertz CT molecular complexity index is 1910. The van der Waals surface area contributed by atoms with Crippen molar-refractivity contribution in [3.8, 4) is 11.1 Å². The molecule has 3 heterocycles. The number of aryl methyl sites for hydroxylation is 2. The molecule has 9 nitrogen and oxygen atoms in total. The summed E-state index contributed by atoms with van der Waals surface area (Å²) in [6, 6.07) is 14.9. The van der Waals surface area contributed by atoms with Crippen LogP contribution in [0.3, 0.4) is 0 Å². The van der Waals surface area contributed by atoms with Gasteiger partial charge in [0.25, 0.3) is 5.91 Å². The van der Waals surface area contributed by atoms with E-state index < -0.39 is 23.7 Å². The minimum atomic E-state index is -0.974. The number of amides is 1. The van der Waals surface area contributed by atoms with Crippen LogP contribution >= 0.6 is 22.9 Å². The van der Waals surface area contributed by atoms with Crippen LogP contribution < -0.4 is 10.2 Å². The summed E-state index contributed by atoms with van der Waals surface area (Å²) in [5.74, 6) is -0.533. The zero-order valence-corrected chi connectivity index (χ0v) is 27.8. The number of carbonyl (C=O) groups is 2. The number of benzene rings is 3. The van der Waals surface area contributed by atoms with Gasteiger partial charge in [0.05, 0.1) is 34.1 Å². The molecule has 1 amide bonds. The second-order valence-corrected chi connectivity index (χ2v) is 13.6. The van der Waals surface area contributed by atoms with E-state index in [2.05, 4.69) is 10.4 Å². The Morgan fingerprint density at radius 2 is 1.93 bits per heavy atom. The van der Waals surface area contributed by atoms with Gasteiger partial charge in [-0.05, 0) is 81.6 Å². The van der Waals surface area contributed by atoms with Crippen LogP contribution in [-0.2, 0) is 26.1 Å². The molecule has 0 bridgehead atoms. The van der Waals surface area contributed by atoms with Crippen molar-refractivity contribution in [1.82, 2.24) is 20.1 Å². The van der Waals surface area contributed by atoms with Gasteiger partial charge in [-0.25, -0.2) is 9.78 Å². The first kappa shape index (κ1) is 31.2. The number of fused-ring (bicyclic) bond motifs is 2. The monoisotopic (exact) mass is 645 g/mol. The number of anilines is 1. The number of ether oxygens (including phenoxy) is 2. The van der Waals surface area contributed by atoms with Gasteiger partial charge >= 0.3 is 5.97 Å². The smallest absolute Gasteiger partial charge is 0.339 e. The molecule has 1 aliphatic rings. The summed E-state index contributed by atoms with van der Waals surface area (Å²) in [5, 5.41) is 9.91. The molecule has 2 unspecified atom stereocenters. The maximum atomic E-state index is 14.0. The number of aromatic nitrogens is 3. The van der Waals surface area contributed by atoms with Gasteiger partial charge in [0.2, 0.25) is 0 Å². The number of nitrogens with one attached hydrogen (secondary N) is 1. The van der Waals surface area contributed by atoms with E-state index in [4.69, 9.17) is 26.1 Å². The number of nitrogens with zero attached hydrogens (tertiary/aromatic N) is 4. The fourth-order valence-electron chi connectivity index (χ4n) is 5.84. The maximum Gasteiger partial charge on any atom is 0.339 e. The van der Waals surface area contributed by atoms with Gasteiger partial charge in [0, 0.05) is 41.7 Å². The van der Waals surface area contributed by atoms with E-state index in [1.807, 2.05) is 94.2 Å². The molecule has 234 valence electrons. The Labute approximate surface area is 271 Å². The fourth-order valence-corrected chi connectivity index (χ4v) is 7.12. The molecule has 1 aliphatic heterocycles. The summed E-state index contributed by atoms with van der Waals surface area (Å²) in [5.41, 5.74) is 5.21. The predicted octanol–water partition coefficient (Wildman–Crippen LogP) is 6.91. The third-order valence-electron chi connectivity index (χ3n) is 7.82. The van der Waals surface area contributed by atoms with Gasteiger partial charge in [0.1, 0.15) is 6.04 Å². The second-order valence-electron chi connectivity index (χ2n) is 12.2. The van der Waals surface area contributed by atoms with Crippen LogP contribution in [0, 0.1) is 6.92 Å². The topological polar surface area (TPSA) is 98.6 Å². The van der Waals surface area contributed by atoms with Crippen LogP contribution in [-0.4, -0.2) is 51.9 Å². The first-order valence-corrected chi connectivity index (χ1v) is 16.2. The summed E-state index contributed by atoms with van der Waals surface area (Å²) >= 11 is 7.72. The minimum Gasteiger partial charge on any atom is -0.464 e. The zero-order valence-electron chi connectivity index (χ0n) is 26.2. The summed E-state index contributed by atoms with van der Waals surface area (Å²) in [6.07, 6.45) is 0.834. The van der Waals surface area contributed by atoms with Gasteiger partial charge in [-0.3, -0.25) is 14.4 Å². The van der Waals surface area contributed by atoms with Crippen molar-refractivity contribution < 1.29 is 19.1 Å². The summed E-state index contributed by atoms with van der Waals surface area (Å²) in [4.78, 5) is 34.2. The van der Waals surface area contributed by atoms with Crippen molar-refractivity contribution in [2.75, 3.05) is 24.6 Å². The molecular formula is C34H36ClN5O4S. The van der Waals surface area contributed by atoms with Crippen LogP contribution in [0.2, 0.25) is 5.02 Å². The Morgan fingerprint density at radius 1 is 1.18 bits per heavy atom. The molecule has 6 rings (SSSR count). The lowest BCUT2D eigenvalue weighted by Gasteiger charge is -2.31. The molecule has 5 aromatic rings. The zero-order chi connectivity index (χ0) is 32.0. The lowest BCUT2D eigenvalue weighted by Crippen LogP contribution is -2.50. The number of carbonyl (C=O) groups excluding carboxylic acids is 2. The molecule has 3 aromatic carbocycles.